The molecule has 0 atom stereocenters. The molecule has 1 aromatic rings. The molecule has 0 bridgehead atoms. The van der Waals surface area contributed by atoms with Crippen LogP contribution in [0.25, 0.3) is 0 Å². The van der Waals surface area contributed by atoms with Gasteiger partial charge in [-0.1, -0.05) is 11.6 Å². The molecule has 0 unspecified atom stereocenters. The maximum absolute atomic E-state index is 10.7. The van der Waals surface area contributed by atoms with Crippen LogP contribution in [0.5, 0.6) is 11.5 Å². The molecule has 5 heteroatoms. The van der Waals surface area contributed by atoms with Crippen molar-refractivity contribution in [3.63, 3.8) is 0 Å². The zero-order valence-corrected chi connectivity index (χ0v) is 9.50. The molecule has 86 valence electrons. The highest BCUT2D eigenvalue weighted by Gasteiger charge is 2.23. The predicted molar refractivity (Wildman–Crippen MR) is 58.5 cm³/mol. The lowest BCUT2D eigenvalue weighted by molar-refractivity contribution is -0.136. The highest BCUT2D eigenvalue weighted by molar-refractivity contribution is 6.33. The van der Waals surface area contributed by atoms with Gasteiger partial charge in [0.15, 0.2) is 0 Å². The van der Waals surface area contributed by atoms with Crippen molar-refractivity contribution >= 4 is 17.6 Å². The number of ether oxygens (including phenoxy) is 2. The van der Waals surface area contributed by atoms with Crippen LogP contribution in [0.1, 0.15) is 11.1 Å². The van der Waals surface area contributed by atoms with Crippen LogP contribution >= 0.6 is 11.6 Å². The first-order valence-electron chi connectivity index (χ1n) is 4.86. The number of carbonyl (C=O) groups is 1. The summed E-state index contributed by atoms with van der Waals surface area (Å²) in [5.41, 5.74) is 1.53. The topological polar surface area (TPSA) is 55.8 Å². The molecular weight excluding hydrogens is 232 g/mol. The summed E-state index contributed by atoms with van der Waals surface area (Å²) in [6.45, 7) is 0.578. The number of halogens is 1. The molecule has 1 N–H and O–H groups in total. The zero-order chi connectivity index (χ0) is 11.7. The molecule has 0 radical (unpaired) electrons. The maximum Gasteiger partial charge on any atom is 0.307 e. The number of hydrogen-bond acceptors (Lipinski definition) is 3. The molecule has 0 fully saturated rings. The monoisotopic (exact) mass is 242 g/mol. The summed E-state index contributed by atoms with van der Waals surface area (Å²) < 4.78 is 10.5. The molecular formula is C11H11ClO4. The molecule has 0 aromatic heterocycles. The van der Waals surface area contributed by atoms with E-state index in [1.54, 1.807) is 6.07 Å². The van der Waals surface area contributed by atoms with E-state index in [-0.39, 0.29) is 6.42 Å². The predicted octanol–water partition coefficient (Wildman–Crippen LogP) is 1.91. The Morgan fingerprint density at radius 1 is 1.69 bits per heavy atom. The Labute approximate surface area is 97.7 Å². The van der Waals surface area contributed by atoms with Crippen molar-refractivity contribution in [2.75, 3.05) is 13.7 Å². The molecule has 0 aliphatic carbocycles. The SMILES string of the molecule is COc1c(CC(=O)O)cc2c(c1Cl)OCC2. The normalized spacial score (nSPS) is 13.1. The summed E-state index contributed by atoms with van der Waals surface area (Å²) in [4.78, 5) is 10.7. The zero-order valence-electron chi connectivity index (χ0n) is 8.75. The lowest BCUT2D eigenvalue weighted by Gasteiger charge is -2.12. The Morgan fingerprint density at radius 2 is 2.44 bits per heavy atom. The first kappa shape index (κ1) is 11.1. The third kappa shape index (κ3) is 1.80. The van der Waals surface area contributed by atoms with E-state index in [1.165, 1.54) is 7.11 Å². The fourth-order valence-corrected chi connectivity index (χ4v) is 2.22. The number of rotatable bonds is 3. The van der Waals surface area contributed by atoms with Crippen LogP contribution in [0.2, 0.25) is 5.02 Å². The lowest BCUT2D eigenvalue weighted by Crippen LogP contribution is -2.03. The minimum Gasteiger partial charge on any atom is -0.495 e. The van der Waals surface area contributed by atoms with Gasteiger partial charge in [-0.25, -0.2) is 0 Å². The molecule has 0 saturated carbocycles. The van der Waals surface area contributed by atoms with Crippen LogP contribution in [0, 0.1) is 0 Å². The van der Waals surface area contributed by atoms with Gasteiger partial charge in [-0.2, -0.15) is 0 Å². The van der Waals surface area contributed by atoms with E-state index in [1.807, 2.05) is 0 Å². The minimum absolute atomic E-state index is 0.101. The first-order chi connectivity index (χ1) is 7.63. The number of carboxylic acid groups (broad SMARTS) is 1. The Bertz CT molecular complexity index is 442. The molecule has 1 aliphatic rings. The van der Waals surface area contributed by atoms with Gasteiger partial charge in [-0.15, -0.1) is 0 Å². The third-order valence-corrected chi connectivity index (χ3v) is 2.84. The Morgan fingerprint density at radius 3 is 3.06 bits per heavy atom. The van der Waals surface area contributed by atoms with Crippen molar-refractivity contribution in [3.8, 4) is 11.5 Å². The molecule has 0 amide bonds. The van der Waals surface area contributed by atoms with Crippen LogP contribution < -0.4 is 9.47 Å². The number of carboxylic acids is 1. The number of hydrogen-bond donors (Lipinski definition) is 1. The second-order valence-electron chi connectivity index (χ2n) is 3.54. The van der Waals surface area contributed by atoms with Crippen LogP contribution in [0.3, 0.4) is 0 Å². The van der Waals surface area contributed by atoms with Crippen LogP contribution in [-0.2, 0) is 17.6 Å². The summed E-state index contributed by atoms with van der Waals surface area (Å²) >= 11 is 6.10. The van der Waals surface area contributed by atoms with Gasteiger partial charge in [0.25, 0.3) is 0 Å². The smallest absolute Gasteiger partial charge is 0.307 e. The molecule has 0 saturated heterocycles. The Hall–Kier alpha value is -1.42. The molecule has 0 spiro atoms. The molecule has 1 heterocycles. The van der Waals surface area contributed by atoms with Gasteiger partial charge in [-0.3, -0.25) is 4.79 Å². The standard InChI is InChI=1S/C11H11ClO4/c1-15-10-7(5-8(13)14)4-6-2-3-16-11(6)9(10)12/h4H,2-3,5H2,1H3,(H,13,14). The van der Waals surface area contributed by atoms with Crippen molar-refractivity contribution in [1.29, 1.82) is 0 Å². The van der Waals surface area contributed by atoms with Crippen LogP contribution in [0.15, 0.2) is 6.07 Å². The van der Waals surface area contributed by atoms with Gasteiger partial charge in [0.2, 0.25) is 0 Å². The highest BCUT2D eigenvalue weighted by atomic mass is 35.5. The van der Waals surface area contributed by atoms with E-state index in [0.717, 1.165) is 12.0 Å². The number of benzene rings is 1. The van der Waals surface area contributed by atoms with Crippen molar-refractivity contribution in [2.24, 2.45) is 0 Å². The largest absolute Gasteiger partial charge is 0.495 e. The van der Waals surface area contributed by atoms with Crippen molar-refractivity contribution in [2.45, 2.75) is 12.8 Å². The van der Waals surface area contributed by atoms with Gasteiger partial charge in [0.1, 0.15) is 16.5 Å². The summed E-state index contributed by atoms with van der Waals surface area (Å²) in [6, 6.07) is 1.79. The first-order valence-corrected chi connectivity index (χ1v) is 5.24. The van der Waals surface area contributed by atoms with Gasteiger partial charge in [-0.05, 0) is 11.6 Å². The summed E-state index contributed by atoms with van der Waals surface area (Å²) in [7, 11) is 1.47. The van der Waals surface area contributed by atoms with Gasteiger partial charge in [0.05, 0.1) is 20.1 Å². The molecule has 16 heavy (non-hydrogen) atoms. The van der Waals surface area contributed by atoms with Crippen molar-refractivity contribution in [3.05, 3.63) is 22.2 Å². The Kier molecular flexibility index (Phi) is 2.92. The highest BCUT2D eigenvalue weighted by Crippen LogP contribution is 2.42. The average molecular weight is 243 g/mol. The van der Waals surface area contributed by atoms with Crippen LogP contribution in [-0.4, -0.2) is 24.8 Å². The Balaban J connectivity index is 2.52. The third-order valence-electron chi connectivity index (χ3n) is 2.49. The number of aliphatic carboxylic acids is 1. The quantitative estimate of drug-likeness (QED) is 0.880. The second kappa shape index (κ2) is 4.22. The molecule has 4 nitrogen and oxygen atoms in total. The van der Waals surface area contributed by atoms with Crippen molar-refractivity contribution < 1.29 is 19.4 Å². The average Bonchev–Trinajstić information content (AvgIpc) is 2.65. The van der Waals surface area contributed by atoms with E-state index in [0.29, 0.717) is 28.7 Å². The van der Waals surface area contributed by atoms with E-state index >= 15 is 0 Å². The fourth-order valence-electron chi connectivity index (χ4n) is 1.85. The number of fused-ring (bicyclic) bond motifs is 1. The van der Waals surface area contributed by atoms with Crippen LogP contribution in [0.4, 0.5) is 0 Å². The van der Waals surface area contributed by atoms with Gasteiger partial charge in [0, 0.05) is 12.0 Å². The molecule has 2 rings (SSSR count). The fraction of sp³-hybridized carbons (Fsp3) is 0.364. The van der Waals surface area contributed by atoms with Gasteiger partial charge < -0.3 is 14.6 Å². The summed E-state index contributed by atoms with van der Waals surface area (Å²) in [5.74, 6) is 0.102. The van der Waals surface area contributed by atoms with E-state index in [9.17, 15) is 4.79 Å². The van der Waals surface area contributed by atoms with E-state index in [2.05, 4.69) is 0 Å². The van der Waals surface area contributed by atoms with E-state index in [4.69, 9.17) is 26.2 Å². The minimum atomic E-state index is -0.909. The second-order valence-corrected chi connectivity index (χ2v) is 3.92. The summed E-state index contributed by atoms with van der Waals surface area (Å²) in [5, 5.41) is 9.17. The summed E-state index contributed by atoms with van der Waals surface area (Å²) in [6.07, 6.45) is 0.655. The maximum atomic E-state index is 10.7. The molecule has 1 aromatic carbocycles. The van der Waals surface area contributed by atoms with Gasteiger partial charge >= 0.3 is 5.97 Å². The molecule has 1 aliphatic heterocycles. The van der Waals surface area contributed by atoms with E-state index < -0.39 is 5.97 Å². The lowest BCUT2D eigenvalue weighted by atomic mass is 10.0. The van der Waals surface area contributed by atoms with Crippen molar-refractivity contribution in [1.82, 2.24) is 0 Å². The number of methoxy groups -OCH3 is 1.